The van der Waals surface area contributed by atoms with Crippen molar-refractivity contribution in [3.8, 4) is 0 Å². The first-order valence-corrected chi connectivity index (χ1v) is 8.33. The molecule has 6 heteroatoms. The highest BCUT2D eigenvalue weighted by atomic mass is 35.5. The lowest BCUT2D eigenvalue weighted by atomic mass is 10.1. The van der Waals surface area contributed by atoms with Gasteiger partial charge in [0.25, 0.3) is 0 Å². The van der Waals surface area contributed by atoms with Gasteiger partial charge in [-0.3, -0.25) is 0 Å². The van der Waals surface area contributed by atoms with Gasteiger partial charge < -0.3 is 15.7 Å². The molecule has 0 aromatic heterocycles. The second-order valence-electron chi connectivity index (χ2n) is 5.68. The zero-order valence-corrected chi connectivity index (χ0v) is 14.5. The van der Waals surface area contributed by atoms with Gasteiger partial charge in [0.15, 0.2) is 0 Å². The van der Waals surface area contributed by atoms with Gasteiger partial charge in [0.1, 0.15) is 0 Å². The molecular formula is C17H19ClN2O2S. The average Bonchev–Trinajstić information content (AvgIpc) is 2.48. The molecule has 0 aliphatic heterocycles. The fraction of sp³-hybridized carbons (Fsp3) is 0.235. The molecule has 122 valence electrons. The fourth-order valence-corrected chi connectivity index (χ4v) is 2.84. The van der Waals surface area contributed by atoms with Gasteiger partial charge in [-0.1, -0.05) is 41.6 Å². The van der Waals surface area contributed by atoms with Gasteiger partial charge in [-0.2, -0.15) is 0 Å². The SMILES string of the molecule is CC(C)(O)CNC(=O)Nc1cc(Cl)ccc1Sc1ccccc1. The van der Waals surface area contributed by atoms with Crippen LogP contribution in [0.1, 0.15) is 13.8 Å². The number of benzene rings is 2. The summed E-state index contributed by atoms with van der Waals surface area (Å²) in [6.07, 6.45) is 0. The standard InChI is InChI=1S/C17H19ClN2O2S/c1-17(2,22)11-19-16(21)20-14-10-12(18)8-9-15(14)23-13-6-4-3-5-7-13/h3-10,22H,11H2,1-2H3,(H2,19,20,21). The van der Waals surface area contributed by atoms with E-state index in [0.717, 1.165) is 9.79 Å². The fourth-order valence-electron chi connectivity index (χ4n) is 1.77. The molecule has 0 aliphatic carbocycles. The van der Waals surface area contributed by atoms with Crippen LogP contribution in [0.25, 0.3) is 0 Å². The summed E-state index contributed by atoms with van der Waals surface area (Å²) in [5.41, 5.74) is -0.340. The Morgan fingerprint density at radius 3 is 2.57 bits per heavy atom. The Morgan fingerprint density at radius 2 is 1.91 bits per heavy atom. The van der Waals surface area contributed by atoms with E-state index in [1.165, 1.54) is 11.8 Å². The summed E-state index contributed by atoms with van der Waals surface area (Å²) in [6, 6.07) is 14.8. The predicted octanol–water partition coefficient (Wildman–Crippen LogP) is 4.38. The summed E-state index contributed by atoms with van der Waals surface area (Å²) >= 11 is 7.57. The van der Waals surface area contributed by atoms with E-state index in [-0.39, 0.29) is 12.6 Å². The third-order valence-electron chi connectivity index (χ3n) is 2.84. The topological polar surface area (TPSA) is 61.4 Å². The Labute approximate surface area is 145 Å². The maximum atomic E-state index is 12.0. The molecule has 0 bridgehead atoms. The summed E-state index contributed by atoms with van der Waals surface area (Å²) in [6.45, 7) is 3.41. The quantitative estimate of drug-likeness (QED) is 0.749. The Balaban J connectivity index is 2.11. The highest BCUT2D eigenvalue weighted by Crippen LogP contribution is 2.35. The lowest BCUT2D eigenvalue weighted by Gasteiger charge is -2.18. The molecule has 3 N–H and O–H groups in total. The summed E-state index contributed by atoms with van der Waals surface area (Å²) in [7, 11) is 0. The monoisotopic (exact) mass is 350 g/mol. The van der Waals surface area contributed by atoms with E-state index in [0.29, 0.717) is 10.7 Å². The molecule has 2 aromatic rings. The van der Waals surface area contributed by atoms with E-state index in [2.05, 4.69) is 10.6 Å². The van der Waals surface area contributed by atoms with Gasteiger partial charge in [-0.25, -0.2) is 4.79 Å². The van der Waals surface area contributed by atoms with Crippen molar-refractivity contribution >= 4 is 35.1 Å². The Hall–Kier alpha value is -1.69. The number of halogens is 1. The molecule has 4 nitrogen and oxygen atoms in total. The first kappa shape index (κ1) is 17.7. The molecule has 0 saturated carbocycles. The maximum absolute atomic E-state index is 12.0. The van der Waals surface area contributed by atoms with Crippen molar-refractivity contribution in [2.75, 3.05) is 11.9 Å². The number of hydrogen-bond donors (Lipinski definition) is 3. The number of amides is 2. The number of hydrogen-bond acceptors (Lipinski definition) is 3. The van der Waals surface area contributed by atoms with Gasteiger partial charge in [0.05, 0.1) is 11.3 Å². The first-order chi connectivity index (χ1) is 10.8. The lowest BCUT2D eigenvalue weighted by molar-refractivity contribution is 0.0826. The molecular weight excluding hydrogens is 332 g/mol. The van der Waals surface area contributed by atoms with E-state index >= 15 is 0 Å². The van der Waals surface area contributed by atoms with E-state index in [1.54, 1.807) is 26.0 Å². The number of anilines is 1. The molecule has 2 aromatic carbocycles. The molecule has 23 heavy (non-hydrogen) atoms. The second-order valence-corrected chi connectivity index (χ2v) is 7.23. The van der Waals surface area contributed by atoms with Crippen molar-refractivity contribution in [1.82, 2.24) is 5.32 Å². The summed E-state index contributed by atoms with van der Waals surface area (Å²) in [5.74, 6) is 0. The molecule has 0 unspecified atom stereocenters. The van der Waals surface area contributed by atoms with Crippen LogP contribution in [-0.2, 0) is 0 Å². The van der Waals surface area contributed by atoms with Gasteiger partial charge >= 0.3 is 6.03 Å². The smallest absolute Gasteiger partial charge is 0.319 e. The van der Waals surface area contributed by atoms with E-state index in [4.69, 9.17) is 11.6 Å². The summed E-state index contributed by atoms with van der Waals surface area (Å²) < 4.78 is 0. The largest absolute Gasteiger partial charge is 0.389 e. The third-order valence-corrected chi connectivity index (χ3v) is 4.16. The molecule has 0 aliphatic rings. The van der Waals surface area contributed by atoms with Crippen molar-refractivity contribution in [2.24, 2.45) is 0 Å². The van der Waals surface area contributed by atoms with Crippen molar-refractivity contribution in [3.05, 3.63) is 53.6 Å². The van der Waals surface area contributed by atoms with Crippen molar-refractivity contribution in [1.29, 1.82) is 0 Å². The zero-order chi connectivity index (χ0) is 16.9. The van der Waals surface area contributed by atoms with Crippen LogP contribution >= 0.6 is 23.4 Å². The molecule has 0 heterocycles. The van der Waals surface area contributed by atoms with Gasteiger partial charge in [0, 0.05) is 21.4 Å². The van der Waals surface area contributed by atoms with Crippen LogP contribution in [0, 0.1) is 0 Å². The highest BCUT2D eigenvalue weighted by Gasteiger charge is 2.15. The van der Waals surface area contributed by atoms with Crippen LogP contribution < -0.4 is 10.6 Å². The zero-order valence-electron chi connectivity index (χ0n) is 13.0. The molecule has 0 radical (unpaired) electrons. The summed E-state index contributed by atoms with van der Waals surface area (Å²) in [4.78, 5) is 13.9. The Kier molecular flexibility index (Phi) is 5.93. The molecule has 2 rings (SSSR count). The van der Waals surface area contributed by atoms with E-state index in [1.807, 2.05) is 36.4 Å². The van der Waals surface area contributed by atoms with Crippen molar-refractivity contribution in [3.63, 3.8) is 0 Å². The first-order valence-electron chi connectivity index (χ1n) is 7.13. The van der Waals surface area contributed by atoms with Crippen LogP contribution in [0.5, 0.6) is 0 Å². The maximum Gasteiger partial charge on any atom is 0.319 e. The summed E-state index contributed by atoms with van der Waals surface area (Å²) in [5, 5.41) is 15.6. The minimum Gasteiger partial charge on any atom is -0.389 e. The van der Waals surface area contributed by atoms with E-state index < -0.39 is 5.60 Å². The van der Waals surface area contributed by atoms with Crippen LogP contribution in [0.4, 0.5) is 10.5 Å². The number of urea groups is 1. The van der Waals surface area contributed by atoms with Crippen molar-refractivity contribution in [2.45, 2.75) is 29.2 Å². The van der Waals surface area contributed by atoms with Crippen LogP contribution in [0.3, 0.4) is 0 Å². The molecule has 0 fully saturated rings. The average molecular weight is 351 g/mol. The van der Waals surface area contributed by atoms with Gasteiger partial charge in [-0.05, 0) is 44.2 Å². The van der Waals surface area contributed by atoms with Crippen LogP contribution in [0.15, 0.2) is 58.3 Å². The third kappa shape index (κ3) is 6.14. The Bertz CT molecular complexity index is 672. The molecule has 0 spiro atoms. The molecule has 0 atom stereocenters. The van der Waals surface area contributed by atoms with Crippen LogP contribution in [-0.4, -0.2) is 23.3 Å². The van der Waals surface area contributed by atoms with Crippen LogP contribution in [0.2, 0.25) is 5.02 Å². The van der Waals surface area contributed by atoms with E-state index in [9.17, 15) is 9.90 Å². The number of nitrogens with one attached hydrogen (secondary N) is 2. The number of carbonyl (C=O) groups is 1. The normalized spacial score (nSPS) is 11.1. The molecule has 0 saturated heterocycles. The number of rotatable bonds is 5. The van der Waals surface area contributed by atoms with Gasteiger partial charge in [-0.15, -0.1) is 0 Å². The van der Waals surface area contributed by atoms with Gasteiger partial charge in [0.2, 0.25) is 0 Å². The Morgan fingerprint density at radius 1 is 1.22 bits per heavy atom. The minimum atomic E-state index is -0.965. The lowest BCUT2D eigenvalue weighted by Crippen LogP contribution is -2.40. The number of aliphatic hydroxyl groups is 1. The second kappa shape index (κ2) is 7.73. The van der Waals surface area contributed by atoms with Crippen molar-refractivity contribution < 1.29 is 9.90 Å². The highest BCUT2D eigenvalue weighted by molar-refractivity contribution is 7.99. The predicted molar refractivity (Wildman–Crippen MR) is 95.3 cm³/mol. The minimum absolute atomic E-state index is 0.153. The molecule has 2 amide bonds. The number of carbonyl (C=O) groups excluding carboxylic acids is 1.